The zero-order chi connectivity index (χ0) is 5.15. The molecule has 0 saturated carbocycles. The molecule has 2 nitrogen and oxygen atoms in total. The molecule has 0 aliphatic rings. The van der Waals surface area contributed by atoms with Gasteiger partial charge in [0.25, 0.3) is 0 Å². The number of nitrogens with one attached hydrogen (secondary N) is 1. The average molecular weight is 151 g/mol. The number of nitrogens with two attached hydrogens (primary N) is 1. The normalized spacial score (nSPS) is 13.8. The van der Waals surface area contributed by atoms with Gasteiger partial charge < -0.3 is 5.73 Å². The lowest BCUT2D eigenvalue weighted by atomic mass is 10.4. The molecule has 0 heterocycles. The Hall–Kier alpha value is 0.110. The highest BCUT2D eigenvalue weighted by molar-refractivity contribution is 9.18. The van der Waals surface area contributed by atoms with Gasteiger partial charge in [-0.25, -0.2) is 0 Å². The van der Waals surface area contributed by atoms with Crippen molar-refractivity contribution in [3.05, 3.63) is 0 Å². The Balaban J connectivity index is 3.26. The van der Waals surface area contributed by atoms with Crippen LogP contribution >= 0.6 is 15.9 Å². The fourth-order valence-electron chi connectivity index (χ4n) is 0. The highest BCUT2D eigenvalue weighted by Gasteiger charge is 1.92. The predicted octanol–water partition coefficient (Wildman–Crippen LogP) is 0.706. The molecule has 3 N–H and O–H groups in total. The van der Waals surface area contributed by atoms with Crippen molar-refractivity contribution >= 4 is 20.6 Å². The van der Waals surface area contributed by atoms with Gasteiger partial charge in [-0.3, -0.25) is 5.41 Å². The van der Waals surface area contributed by atoms with E-state index < -0.39 is 0 Å². The lowest BCUT2D eigenvalue weighted by Crippen LogP contribution is -2.20. The molecule has 0 aromatic carbocycles. The summed E-state index contributed by atoms with van der Waals surface area (Å²) in [5.41, 5.74) is 5.16. The van der Waals surface area contributed by atoms with Crippen LogP contribution in [-0.2, 0) is 0 Å². The van der Waals surface area contributed by atoms with E-state index in [2.05, 4.69) is 15.9 Å². The maximum absolute atomic E-state index is 6.74. The van der Waals surface area contributed by atoms with E-state index in [0.29, 0.717) is 4.62 Å². The summed E-state index contributed by atoms with van der Waals surface area (Å²) >= 11 is 2.90. The Bertz CT molecular complexity index is 59.8. The van der Waals surface area contributed by atoms with Gasteiger partial charge in [0.15, 0.2) is 0 Å². The molecule has 0 aromatic rings. The number of hydrogen-bond acceptors (Lipinski definition) is 2. The quantitative estimate of drug-likeness (QED) is 0.532. The summed E-state index contributed by atoms with van der Waals surface area (Å²) in [5.74, 6) is 0. The van der Waals surface area contributed by atoms with E-state index in [9.17, 15) is 0 Å². The van der Waals surface area contributed by atoms with Crippen LogP contribution in [0.5, 0.6) is 0 Å². The summed E-state index contributed by atoms with van der Waals surface area (Å²) in [4.78, 5) is 0. The topological polar surface area (TPSA) is 49.9 Å². The van der Waals surface area contributed by atoms with Crippen LogP contribution < -0.4 is 5.73 Å². The van der Waals surface area contributed by atoms with Crippen molar-refractivity contribution in [3.8, 4) is 0 Å². The van der Waals surface area contributed by atoms with E-state index in [0.717, 1.165) is 0 Å². The fraction of sp³-hybridized carbons (Fsp3) is 0.667. The maximum Gasteiger partial charge on any atom is 0.0903 e. The van der Waals surface area contributed by atoms with Crippen molar-refractivity contribution in [2.75, 3.05) is 0 Å². The standard InChI is InChI=1S/C3H7BrN2/c1-2(5)3(4)6/h2,6H,5H2,1H3. The van der Waals surface area contributed by atoms with Crippen molar-refractivity contribution < 1.29 is 0 Å². The minimum Gasteiger partial charge on any atom is -0.322 e. The molecule has 0 bridgehead atoms. The summed E-state index contributed by atoms with van der Waals surface area (Å²) in [6.07, 6.45) is 0. The van der Waals surface area contributed by atoms with Crippen molar-refractivity contribution in [3.63, 3.8) is 0 Å². The molecular weight excluding hydrogens is 144 g/mol. The third kappa shape index (κ3) is 2.35. The summed E-state index contributed by atoms with van der Waals surface area (Å²) in [5, 5.41) is 6.74. The van der Waals surface area contributed by atoms with Crippen LogP contribution in [0.15, 0.2) is 0 Å². The van der Waals surface area contributed by atoms with Crippen molar-refractivity contribution in [2.45, 2.75) is 13.0 Å². The van der Waals surface area contributed by atoms with E-state index in [-0.39, 0.29) is 6.04 Å². The second-order valence-electron chi connectivity index (χ2n) is 1.14. The first-order valence-corrected chi connectivity index (χ1v) is 2.43. The Labute approximate surface area is 45.4 Å². The first kappa shape index (κ1) is 6.11. The molecule has 0 rings (SSSR count). The SMILES string of the molecule is CC(N)C(=N)Br. The largest absolute Gasteiger partial charge is 0.322 e. The minimum absolute atomic E-state index is 0.148. The molecule has 0 fully saturated rings. The van der Waals surface area contributed by atoms with Gasteiger partial charge in [-0.05, 0) is 22.9 Å². The van der Waals surface area contributed by atoms with Crippen molar-refractivity contribution in [2.24, 2.45) is 5.73 Å². The molecule has 0 aromatic heterocycles. The molecule has 36 valence electrons. The summed E-state index contributed by atoms with van der Waals surface area (Å²) in [6.45, 7) is 1.75. The van der Waals surface area contributed by atoms with E-state index in [1.807, 2.05) is 0 Å². The smallest absolute Gasteiger partial charge is 0.0903 e. The average Bonchev–Trinajstić information content (AvgIpc) is 1.36. The van der Waals surface area contributed by atoms with Crippen LogP contribution in [-0.4, -0.2) is 10.7 Å². The van der Waals surface area contributed by atoms with Crippen molar-refractivity contribution in [1.82, 2.24) is 0 Å². The van der Waals surface area contributed by atoms with Crippen LogP contribution in [0.2, 0.25) is 0 Å². The lowest BCUT2D eigenvalue weighted by molar-refractivity contribution is 0.984. The van der Waals surface area contributed by atoms with E-state index in [1.165, 1.54) is 0 Å². The second-order valence-corrected chi connectivity index (χ2v) is 1.99. The third-order valence-corrected chi connectivity index (χ3v) is 1.12. The van der Waals surface area contributed by atoms with Crippen LogP contribution in [0.25, 0.3) is 0 Å². The highest BCUT2D eigenvalue weighted by atomic mass is 79.9. The summed E-state index contributed by atoms with van der Waals surface area (Å²) in [7, 11) is 0. The van der Waals surface area contributed by atoms with Crippen LogP contribution in [0.4, 0.5) is 0 Å². The minimum atomic E-state index is -0.148. The van der Waals surface area contributed by atoms with Crippen LogP contribution in [0.3, 0.4) is 0 Å². The molecule has 1 unspecified atom stereocenters. The van der Waals surface area contributed by atoms with Gasteiger partial charge in [-0.15, -0.1) is 0 Å². The molecule has 1 atom stereocenters. The molecule has 0 amide bonds. The van der Waals surface area contributed by atoms with Gasteiger partial charge in [0.05, 0.1) is 10.7 Å². The maximum atomic E-state index is 6.74. The zero-order valence-corrected chi connectivity index (χ0v) is 5.12. The molecule has 0 aliphatic carbocycles. The van der Waals surface area contributed by atoms with Crippen molar-refractivity contribution in [1.29, 1.82) is 5.41 Å². The molecule has 0 spiro atoms. The molecule has 6 heavy (non-hydrogen) atoms. The van der Waals surface area contributed by atoms with Gasteiger partial charge in [-0.2, -0.15) is 0 Å². The number of halogens is 1. The van der Waals surface area contributed by atoms with E-state index >= 15 is 0 Å². The van der Waals surface area contributed by atoms with E-state index in [1.54, 1.807) is 6.92 Å². The Morgan fingerprint density at radius 2 is 2.17 bits per heavy atom. The first-order valence-electron chi connectivity index (χ1n) is 1.64. The van der Waals surface area contributed by atoms with Gasteiger partial charge in [0, 0.05) is 0 Å². The van der Waals surface area contributed by atoms with Gasteiger partial charge in [0.1, 0.15) is 0 Å². The number of hydrogen-bond donors (Lipinski definition) is 2. The predicted molar refractivity (Wildman–Crippen MR) is 30.3 cm³/mol. The fourth-order valence-corrected chi connectivity index (χ4v) is 0. The van der Waals surface area contributed by atoms with Crippen LogP contribution in [0.1, 0.15) is 6.92 Å². The Morgan fingerprint density at radius 1 is 2.00 bits per heavy atom. The molecule has 0 aliphatic heterocycles. The lowest BCUT2D eigenvalue weighted by Gasteiger charge is -1.93. The Morgan fingerprint density at radius 3 is 2.17 bits per heavy atom. The van der Waals surface area contributed by atoms with Gasteiger partial charge in [0.2, 0.25) is 0 Å². The molecule has 0 saturated heterocycles. The van der Waals surface area contributed by atoms with Gasteiger partial charge in [-0.1, -0.05) is 0 Å². The van der Waals surface area contributed by atoms with Gasteiger partial charge >= 0.3 is 0 Å². The second kappa shape index (κ2) is 2.31. The highest BCUT2D eigenvalue weighted by Crippen LogP contribution is 1.87. The first-order chi connectivity index (χ1) is 2.64. The Kier molecular flexibility index (Phi) is 2.35. The molecule has 3 heteroatoms. The third-order valence-electron chi connectivity index (χ3n) is 0.400. The zero-order valence-electron chi connectivity index (χ0n) is 3.53. The summed E-state index contributed by atoms with van der Waals surface area (Å²) < 4.78 is 0.350. The van der Waals surface area contributed by atoms with Crippen LogP contribution in [0, 0.1) is 5.41 Å². The molecule has 0 radical (unpaired) electrons. The summed E-state index contributed by atoms with van der Waals surface area (Å²) in [6, 6.07) is -0.148. The molecular formula is C3H7BrN2. The number of rotatable bonds is 1. The monoisotopic (exact) mass is 150 g/mol. The van der Waals surface area contributed by atoms with E-state index in [4.69, 9.17) is 11.1 Å².